The molecule has 138 valence electrons. The number of nitrogens with two attached hydrogens (primary N) is 1. The van der Waals surface area contributed by atoms with Crippen LogP contribution < -0.4 is 5.73 Å². The highest BCUT2D eigenvalue weighted by Gasteiger charge is 2.23. The van der Waals surface area contributed by atoms with Crippen molar-refractivity contribution < 1.29 is 14.0 Å². The highest BCUT2D eigenvalue weighted by molar-refractivity contribution is 5.97. The first-order chi connectivity index (χ1) is 13.0. The molecule has 4 rings (SSSR count). The van der Waals surface area contributed by atoms with E-state index < -0.39 is 12.1 Å². The average molecular weight is 367 g/mol. The van der Waals surface area contributed by atoms with E-state index in [0.29, 0.717) is 37.1 Å². The summed E-state index contributed by atoms with van der Waals surface area (Å²) in [6.45, 7) is 0.855. The second-order valence-electron chi connectivity index (χ2n) is 6.56. The molecule has 0 radical (unpaired) electrons. The van der Waals surface area contributed by atoms with E-state index in [1.54, 1.807) is 29.3 Å². The number of likely N-dealkylation sites (tertiary alicyclic amines) is 1. The molecular weight excluding hydrogens is 349 g/mol. The molecule has 4 heterocycles. The van der Waals surface area contributed by atoms with Gasteiger partial charge in [-0.15, -0.1) is 0 Å². The van der Waals surface area contributed by atoms with Gasteiger partial charge in [-0.1, -0.05) is 0 Å². The summed E-state index contributed by atoms with van der Waals surface area (Å²) in [5.74, 6) is -0.714. The number of alkyl halides is 1. The van der Waals surface area contributed by atoms with Gasteiger partial charge in [0.2, 0.25) is 0 Å². The van der Waals surface area contributed by atoms with E-state index in [1.807, 2.05) is 16.8 Å². The number of halogens is 1. The zero-order valence-corrected chi connectivity index (χ0v) is 14.5. The number of amides is 2. The first-order valence-corrected chi connectivity index (χ1v) is 8.69. The Labute approximate surface area is 154 Å². The van der Waals surface area contributed by atoms with Gasteiger partial charge in [-0.3, -0.25) is 14.2 Å². The molecule has 1 fully saturated rings. The van der Waals surface area contributed by atoms with Crippen LogP contribution in [0.2, 0.25) is 0 Å². The second-order valence-corrected chi connectivity index (χ2v) is 6.56. The number of piperidine rings is 1. The number of pyridine rings is 2. The van der Waals surface area contributed by atoms with Gasteiger partial charge in [0.05, 0.1) is 17.4 Å². The average Bonchev–Trinajstić information content (AvgIpc) is 3.11. The summed E-state index contributed by atoms with van der Waals surface area (Å²) < 4.78 is 15.1. The van der Waals surface area contributed by atoms with Gasteiger partial charge in [-0.05, 0) is 37.1 Å². The van der Waals surface area contributed by atoms with E-state index in [-0.39, 0.29) is 11.6 Å². The SMILES string of the molecule is NC(=O)c1ccc(-n2ccc3cc(C(=O)N4CCC(F)CC4)cnc32)cn1. The molecule has 7 nitrogen and oxygen atoms in total. The zero-order chi connectivity index (χ0) is 19.0. The fraction of sp³-hybridized carbons (Fsp3) is 0.263. The molecule has 27 heavy (non-hydrogen) atoms. The quantitative estimate of drug-likeness (QED) is 0.767. The molecule has 3 aromatic rings. The molecule has 0 saturated carbocycles. The Balaban J connectivity index is 1.61. The van der Waals surface area contributed by atoms with Crippen molar-refractivity contribution in [2.45, 2.75) is 19.0 Å². The lowest BCUT2D eigenvalue weighted by molar-refractivity contribution is 0.0666. The van der Waals surface area contributed by atoms with Gasteiger partial charge in [0.25, 0.3) is 11.8 Å². The Kier molecular flexibility index (Phi) is 4.31. The molecule has 0 aliphatic carbocycles. The third kappa shape index (κ3) is 3.25. The van der Waals surface area contributed by atoms with Crippen LogP contribution in [-0.2, 0) is 0 Å². The molecule has 0 bridgehead atoms. The molecule has 0 aromatic carbocycles. The normalized spacial score (nSPS) is 15.2. The van der Waals surface area contributed by atoms with Crippen molar-refractivity contribution in [3.05, 3.63) is 54.1 Å². The van der Waals surface area contributed by atoms with Crippen LogP contribution in [0.5, 0.6) is 0 Å². The van der Waals surface area contributed by atoms with Crippen molar-refractivity contribution in [2.24, 2.45) is 5.73 Å². The van der Waals surface area contributed by atoms with Gasteiger partial charge in [0.1, 0.15) is 17.5 Å². The number of fused-ring (bicyclic) bond motifs is 1. The predicted molar refractivity (Wildman–Crippen MR) is 97.4 cm³/mol. The summed E-state index contributed by atoms with van der Waals surface area (Å²) in [7, 11) is 0. The fourth-order valence-corrected chi connectivity index (χ4v) is 3.26. The Morgan fingerprint density at radius 3 is 2.56 bits per heavy atom. The summed E-state index contributed by atoms with van der Waals surface area (Å²) in [5.41, 5.74) is 7.28. The summed E-state index contributed by atoms with van der Waals surface area (Å²) in [5, 5.41) is 0.806. The van der Waals surface area contributed by atoms with E-state index >= 15 is 0 Å². The first kappa shape index (κ1) is 17.1. The summed E-state index contributed by atoms with van der Waals surface area (Å²) in [6.07, 6.45) is 4.84. The molecular formula is C19H18FN5O2. The largest absolute Gasteiger partial charge is 0.364 e. The van der Waals surface area contributed by atoms with Crippen LogP contribution in [0.25, 0.3) is 16.7 Å². The first-order valence-electron chi connectivity index (χ1n) is 8.69. The van der Waals surface area contributed by atoms with Gasteiger partial charge >= 0.3 is 0 Å². The third-order valence-electron chi connectivity index (χ3n) is 4.76. The van der Waals surface area contributed by atoms with E-state index in [4.69, 9.17) is 5.73 Å². The highest BCUT2D eigenvalue weighted by atomic mass is 19.1. The molecule has 8 heteroatoms. The van der Waals surface area contributed by atoms with Crippen LogP contribution in [0.1, 0.15) is 33.7 Å². The Morgan fingerprint density at radius 2 is 1.89 bits per heavy atom. The monoisotopic (exact) mass is 367 g/mol. The molecule has 2 amide bonds. The predicted octanol–water partition coefficient (Wildman–Crippen LogP) is 2.09. The maximum Gasteiger partial charge on any atom is 0.267 e. The summed E-state index contributed by atoms with van der Waals surface area (Å²) in [4.78, 5) is 33.9. The van der Waals surface area contributed by atoms with Crippen LogP contribution in [0.3, 0.4) is 0 Å². The van der Waals surface area contributed by atoms with Crippen molar-refractivity contribution in [1.82, 2.24) is 19.4 Å². The van der Waals surface area contributed by atoms with Crippen molar-refractivity contribution in [3.63, 3.8) is 0 Å². The van der Waals surface area contributed by atoms with Gasteiger partial charge in [-0.25, -0.2) is 14.4 Å². The fourth-order valence-electron chi connectivity index (χ4n) is 3.26. The Hall–Kier alpha value is -3.29. The second kappa shape index (κ2) is 6.79. The molecule has 0 spiro atoms. The van der Waals surface area contributed by atoms with E-state index in [2.05, 4.69) is 9.97 Å². The van der Waals surface area contributed by atoms with Crippen LogP contribution in [0.15, 0.2) is 42.9 Å². The van der Waals surface area contributed by atoms with E-state index in [1.165, 1.54) is 6.20 Å². The van der Waals surface area contributed by atoms with Gasteiger partial charge in [0, 0.05) is 30.9 Å². The van der Waals surface area contributed by atoms with Crippen LogP contribution in [-0.4, -0.2) is 50.5 Å². The van der Waals surface area contributed by atoms with Crippen LogP contribution >= 0.6 is 0 Å². The molecule has 0 unspecified atom stereocenters. The number of rotatable bonds is 3. The Morgan fingerprint density at radius 1 is 1.11 bits per heavy atom. The highest BCUT2D eigenvalue weighted by Crippen LogP contribution is 2.21. The van der Waals surface area contributed by atoms with Crippen molar-refractivity contribution >= 4 is 22.8 Å². The van der Waals surface area contributed by atoms with Crippen LogP contribution in [0.4, 0.5) is 4.39 Å². The molecule has 2 N–H and O–H groups in total. The minimum absolute atomic E-state index is 0.128. The standard InChI is InChI=1S/C19H18FN5O2/c20-14-4-6-24(7-5-14)19(27)13-9-12-3-8-25(18(12)23-10-13)15-1-2-16(17(21)26)22-11-15/h1-3,8-11,14H,4-7H2,(H2,21,26). The van der Waals surface area contributed by atoms with Crippen LogP contribution in [0, 0.1) is 0 Å². The molecule has 0 atom stereocenters. The Bertz CT molecular complexity index is 1010. The smallest absolute Gasteiger partial charge is 0.267 e. The number of primary amides is 1. The van der Waals surface area contributed by atoms with E-state index in [0.717, 1.165) is 11.1 Å². The molecule has 1 aliphatic rings. The molecule has 1 aliphatic heterocycles. The van der Waals surface area contributed by atoms with Gasteiger partial charge in [0.15, 0.2) is 0 Å². The minimum atomic E-state index is -0.821. The third-order valence-corrected chi connectivity index (χ3v) is 4.76. The maximum atomic E-state index is 13.3. The maximum absolute atomic E-state index is 13.3. The van der Waals surface area contributed by atoms with Crippen molar-refractivity contribution in [1.29, 1.82) is 0 Å². The van der Waals surface area contributed by atoms with E-state index in [9.17, 15) is 14.0 Å². The summed E-state index contributed by atoms with van der Waals surface area (Å²) in [6, 6.07) is 6.92. The lowest BCUT2D eigenvalue weighted by Gasteiger charge is -2.28. The molecule has 1 saturated heterocycles. The number of nitrogens with zero attached hydrogens (tertiary/aromatic N) is 4. The zero-order valence-electron chi connectivity index (χ0n) is 14.5. The number of carbonyl (C=O) groups is 2. The number of carbonyl (C=O) groups excluding carboxylic acids is 2. The van der Waals surface area contributed by atoms with Gasteiger partial charge in [-0.2, -0.15) is 0 Å². The number of hydrogen-bond donors (Lipinski definition) is 1. The van der Waals surface area contributed by atoms with Gasteiger partial charge < -0.3 is 10.6 Å². The number of aromatic nitrogens is 3. The number of hydrogen-bond acceptors (Lipinski definition) is 4. The molecule has 3 aromatic heterocycles. The summed E-state index contributed by atoms with van der Waals surface area (Å²) >= 11 is 0. The topological polar surface area (TPSA) is 94.1 Å². The van der Waals surface area contributed by atoms with Crippen molar-refractivity contribution in [3.8, 4) is 5.69 Å². The lowest BCUT2D eigenvalue weighted by Crippen LogP contribution is -2.39. The lowest BCUT2D eigenvalue weighted by atomic mass is 10.1. The minimum Gasteiger partial charge on any atom is -0.364 e. The van der Waals surface area contributed by atoms with Crippen molar-refractivity contribution in [2.75, 3.05) is 13.1 Å².